The molecule has 1 aliphatic rings. The fourth-order valence-corrected chi connectivity index (χ4v) is 3.19. The second-order valence-corrected chi connectivity index (χ2v) is 7.13. The zero-order valence-electron chi connectivity index (χ0n) is 14.7. The number of ether oxygens (including phenoxy) is 1. The minimum absolute atomic E-state index is 0. The molecule has 1 heterocycles. The third-order valence-electron chi connectivity index (χ3n) is 3.94. The molecule has 0 saturated heterocycles. The predicted octanol–water partition coefficient (Wildman–Crippen LogP) is 4.48. The maximum Gasteiger partial charge on any atom is 0.220 e. The Balaban J connectivity index is 0.00000280. The Hall–Kier alpha value is -1.86. The van der Waals surface area contributed by atoms with Crippen molar-refractivity contribution in [3.05, 3.63) is 63.1 Å². The van der Waals surface area contributed by atoms with E-state index in [4.69, 9.17) is 51.0 Å². The fraction of sp³-hybridized carbons (Fsp3) is 0.222. The average Bonchev–Trinajstić information content (AvgIpc) is 2.63. The zero-order valence-corrected chi connectivity index (χ0v) is 17.8. The lowest BCUT2D eigenvalue weighted by Gasteiger charge is -2.33. The molecule has 150 valence electrons. The molecule has 3 rings (SSSR count). The van der Waals surface area contributed by atoms with Crippen molar-refractivity contribution in [3.8, 4) is 5.75 Å². The van der Waals surface area contributed by atoms with E-state index in [1.54, 1.807) is 30.3 Å². The maximum absolute atomic E-state index is 6.33. The third-order valence-corrected chi connectivity index (χ3v) is 4.77. The molecule has 1 atom stereocenters. The molecule has 6 nitrogen and oxygen atoms in total. The van der Waals surface area contributed by atoms with E-state index in [2.05, 4.69) is 9.98 Å². The number of halogens is 4. The Morgan fingerprint density at radius 1 is 1.00 bits per heavy atom. The monoisotopic (exact) mass is 461 g/mol. The highest BCUT2D eigenvalue weighted by Gasteiger charge is 2.27. The molecule has 10 heteroatoms. The van der Waals surface area contributed by atoms with Gasteiger partial charge in [-0.25, -0.2) is 4.99 Å². The SMILES string of the molecule is Cl.NC1=NC(c2cc(Cl)ccc2Cl)N(CCCOc2ccc(Cl)cc2)C(N)=N1. The van der Waals surface area contributed by atoms with Crippen molar-refractivity contribution in [1.29, 1.82) is 0 Å². The second kappa shape index (κ2) is 10.1. The van der Waals surface area contributed by atoms with Crippen LogP contribution in [0.5, 0.6) is 5.75 Å². The quantitative estimate of drug-likeness (QED) is 0.619. The molecule has 0 aromatic heterocycles. The average molecular weight is 463 g/mol. The van der Waals surface area contributed by atoms with Gasteiger partial charge in [-0.3, -0.25) is 0 Å². The third kappa shape index (κ3) is 5.58. The Labute approximate surface area is 184 Å². The van der Waals surface area contributed by atoms with Gasteiger partial charge in [0.05, 0.1) is 6.61 Å². The van der Waals surface area contributed by atoms with Crippen LogP contribution in [0.2, 0.25) is 15.1 Å². The highest BCUT2D eigenvalue weighted by Crippen LogP contribution is 2.32. The van der Waals surface area contributed by atoms with Crippen molar-refractivity contribution in [1.82, 2.24) is 4.90 Å². The molecule has 0 radical (unpaired) electrons. The summed E-state index contributed by atoms with van der Waals surface area (Å²) in [6.07, 6.45) is 0.187. The molecule has 28 heavy (non-hydrogen) atoms. The van der Waals surface area contributed by atoms with Crippen LogP contribution in [0.3, 0.4) is 0 Å². The molecule has 0 amide bonds. The molecule has 0 saturated carbocycles. The van der Waals surface area contributed by atoms with E-state index < -0.39 is 6.17 Å². The minimum atomic E-state index is -0.496. The molecular weight excluding hydrogens is 444 g/mol. The summed E-state index contributed by atoms with van der Waals surface area (Å²) in [7, 11) is 0. The van der Waals surface area contributed by atoms with Crippen LogP contribution in [0, 0.1) is 0 Å². The van der Waals surface area contributed by atoms with Gasteiger partial charge in [-0.05, 0) is 48.9 Å². The summed E-state index contributed by atoms with van der Waals surface area (Å²) in [4.78, 5) is 10.3. The Bertz CT molecular complexity index is 873. The van der Waals surface area contributed by atoms with Crippen molar-refractivity contribution >= 4 is 59.1 Å². The summed E-state index contributed by atoms with van der Waals surface area (Å²) in [5.41, 5.74) is 12.6. The van der Waals surface area contributed by atoms with E-state index in [0.717, 1.165) is 5.75 Å². The van der Waals surface area contributed by atoms with Gasteiger partial charge in [0.2, 0.25) is 11.9 Å². The molecule has 0 fully saturated rings. The molecule has 0 spiro atoms. The van der Waals surface area contributed by atoms with Crippen LogP contribution in [0.25, 0.3) is 0 Å². The zero-order chi connectivity index (χ0) is 19.4. The number of hydrogen-bond acceptors (Lipinski definition) is 6. The summed E-state index contributed by atoms with van der Waals surface area (Å²) < 4.78 is 5.72. The Morgan fingerprint density at radius 2 is 1.68 bits per heavy atom. The highest BCUT2D eigenvalue weighted by atomic mass is 35.5. The highest BCUT2D eigenvalue weighted by molar-refractivity contribution is 6.33. The largest absolute Gasteiger partial charge is 0.494 e. The van der Waals surface area contributed by atoms with Crippen LogP contribution < -0.4 is 16.2 Å². The first-order chi connectivity index (χ1) is 12.9. The molecular formula is C18H19Cl4N5O. The van der Waals surface area contributed by atoms with Crippen molar-refractivity contribution in [2.75, 3.05) is 13.2 Å². The number of rotatable bonds is 6. The van der Waals surface area contributed by atoms with E-state index in [1.807, 2.05) is 17.0 Å². The number of aliphatic imine (C=N–C) groups is 2. The van der Waals surface area contributed by atoms with E-state index in [-0.39, 0.29) is 24.3 Å². The van der Waals surface area contributed by atoms with Gasteiger partial charge in [0.1, 0.15) is 5.75 Å². The van der Waals surface area contributed by atoms with E-state index in [9.17, 15) is 0 Å². The molecule has 2 aromatic carbocycles. The summed E-state index contributed by atoms with van der Waals surface area (Å²) in [5, 5.41) is 1.74. The second-order valence-electron chi connectivity index (χ2n) is 5.85. The smallest absolute Gasteiger partial charge is 0.220 e. The number of nitrogens with two attached hydrogens (primary N) is 2. The number of nitrogens with zero attached hydrogens (tertiary/aromatic N) is 3. The lowest BCUT2D eigenvalue weighted by Crippen LogP contribution is -2.45. The summed E-state index contributed by atoms with van der Waals surface area (Å²) in [6.45, 7) is 1.04. The Morgan fingerprint density at radius 3 is 2.39 bits per heavy atom. The van der Waals surface area contributed by atoms with Gasteiger partial charge in [0.15, 0.2) is 6.17 Å². The van der Waals surface area contributed by atoms with E-state index >= 15 is 0 Å². The van der Waals surface area contributed by atoms with Gasteiger partial charge in [0, 0.05) is 27.2 Å². The predicted molar refractivity (Wildman–Crippen MR) is 118 cm³/mol. The first kappa shape index (κ1) is 22.4. The van der Waals surface area contributed by atoms with Gasteiger partial charge < -0.3 is 21.1 Å². The van der Waals surface area contributed by atoms with Gasteiger partial charge in [-0.15, -0.1) is 12.4 Å². The fourth-order valence-electron chi connectivity index (χ4n) is 2.67. The van der Waals surface area contributed by atoms with Crippen LogP contribution >= 0.6 is 47.2 Å². The molecule has 2 aromatic rings. The summed E-state index contributed by atoms with van der Waals surface area (Å²) in [6, 6.07) is 12.4. The lowest BCUT2D eigenvalue weighted by atomic mass is 10.1. The molecule has 0 bridgehead atoms. The number of guanidine groups is 2. The van der Waals surface area contributed by atoms with Crippen molar-refractivity contribution < 1.29 is 4.74 Å². The molecule has 1 aliphatic heterocycles. The lowest BCUT2D eigenvalue weighted by molar-refractivity contribution is 0.258. The topological polar surface area (TPSA) is 89.2 Å². The van der Waals surface area contributed by atoms with E-state index in [0.29, 0.717) is 40.2 Å². The van der Waals surface area contributed by atoms with E-state index in [1.165, 1.54) is 0 Å². The molecule has 1 unspecified atom stereocenters. The first-order valence-electron chi connectivity index (χ1n) is 8.21. The Kier molecular flexibility index (Phi) is 8.07. The summed E-state index contributed by atoms with van der Waals surface area (Å²) >= 11 is 18.3. The van der Waals surface area contributed by atoms with Crippen LogP contribution in [0.15, 0.2) is 52.4 Å². The molecule has 4 N–H and O–H groups in total. The molecule has 0 aliphatic carbocycles. The van der Waals surface area contributed by atoms with Crippen LogP contribution in [0.4, 0.5) is 0 Å². The van der Waals surface area contributed by atoms with Gasteiger partial charge in [0.25, 0.3) is 0 Å². The minimum Gasteiger partial charge on any atom is -0.494 e. The van der Waals surface area contributed by atoms with Crippen molar-refractivity contribution in [2.24, 2.45) is 21.5 Å². The van der Waals surface area contributed by atoms with Gasteiger partial charge in [-0.1, -0.05) is 34.8 Å². The van der Waals surface area contributed by atoms with Gasteiger partial charge >= 0.3 is 0 Å². The standard InChI is InChI=1S/C18H18Cl3N5O.ClH/c19-11-2-5-13(6-3-11)27-9-1-8-26-16(24-17(22)25-18(26)23)14-10-12(20)4-7-15(14)21;/h2-7,10,16H,1,8-9H2,(H4,22,23,24,25);1H. The number of hydrogen-bond donors (Lipinski definition) is 2. The first-order valence-corrected chi connectivity index (χ1v) is 9.35. The van der Waals surface area contributed by atoms with Crippen LogP contribution in [-0.2, 0) is 0 Å². The number of benzene rings is 2. The van der Waals surface area contributed by atoms with Crippen LogP contribution in [-0.4, -0.2) is 30.0 Å². The normalized spacial score (nSPS) is 16.1. The maximum atomic E-state index is 6.33. The van der Waals surface area contributed by atoms with Crippen molar-refractivity contribution in [3.63, 3.8) is 0 Å². The summed E-state index contributed by atoms with van der Waals surface area (Å²) in [5.74, 6) is 1.12. The van der Waals surface area contributed by atoms with Gasteiger partial charge in [-0.2, -0.15) is 4.99 Å². The van der Waals surface area contributed by atoms with Crippen LogP contribution in [0.1, 0.15) is 18.2 Å². The van der Waals surface area contributed by atoms with Crippen molar-refractivity contribution in [2.45, 2.75) is 12.6 Å².